The number of rotatable bonds is 3. The lowest BCUT2D eigenvalue weighted by Gasteiger charge is -2.02. The molecule has 0 unspecified atom stereocenters. The molecule has 4 nitrogen and oxygen atoms in total. The van der Waals surface area contributed by atoms with Crippen molar-refractivity contribution in [3.63, 3.8) is 0 Å². The Bertz CT molecular complexity index is 781. The average Bonchev–Trinajstić information content (AvgIpc) is 2.90. The number of hydrogen-bond donors (Lipinski definition) is 1. The van der Waals surface area contributed by atoms with E-state index in [-0.39, 0.29) is 0 Å². The smallest absolute Gasteiger partial charge is 0.179 e. The maximum Gasteiger partial charge on any atom is 0.179 e. The van der Waals surface area contributed by atoms with E-state index < -0.39 is 0 Å². The molecule has 0 bridgehead atoms. The molecule has 98 valence electrons. The predicted molar refractivity (Wildman–Crippen MR) is 80.2 cm³/mol. The standard InChI is InChI=1S/C13H14N4S2/c1-8-3-4-10-12(15-8)17(13(18)16-10)6-5-11-14-9(2)7-19-11/h3-4,7H,5-6H2,1-2H3,(H,16,18). The highest BCUT2D eigenvalue weighted by atomic mass is 32.1. The Morgan fingerprint density at radius 1 is 1.26 bits per heavy atom. The molecule has 0 radical (unpaired) electrons. The summed E-state index contributed by atoms with van der Waals surface area (Å²) in [5.74, 6) is 0. The quantitative estimate of drug-likeness (QED) is 0.752. The first-order chi connectivity index (χ1) is 9.13. The van der Waals surface area contributed by atoms with Gasteiger partial charge in [-0.1, -0.05) is 0 Å². The van der Waals surface area contributed by atoms with Crippen LogP contribution in [0.1, 0.15) is 16.4 Å². The summed E-state index contributed by atoms with van der Waals surface area (Å²) < 4.78 is 2.77. The van der Waals surface area contributed by atoms with Gasteiger partial charge in [0.2, 0.25) is 0 Å². The second-order valence-corrected chi connectivity index (χ2v) is 5.87. The van der Waals surface area contributed by atoms with Gasteiger partial charge in [0.25, 0.3) is 0 Å². The first-order valence-corrected chi connectivity index (χ1v) is 7.39. The number of hydrogen-bond acceptors (Lipinski definition) is 4. The SMILES string of the molecule is Cc1csc(CCn2c(=S)[nH]c3ccc(C)nc32)n1. The van der Waals surface area contributed by atoms with Gasteiger partial charge in [0.1, 0.15) is 0 Å². The lowest BCUT2D eigenvalue weighted by Crippen LogP contribution is -2.02. The minimum atomic E-state index is 0.723. The van der Waals surface area contributed by atoms with Crippen molar-refractivity contribution in [1.29, 1.82) is 0 Å². The number of aromatic amines is 1. The van der Waals surface area contributed by atoms with Gasteiger partial charge in [0, 0.05) is 29.7 Å². The van der Waals surface area contributed by atoms with Gasteiger partial charge in [-0.15, -0.1) is 11.3 Å². The van der Waals surface area contributed by atoms with Crippen LogP contribution >= 0.6 is 23.6 Å². The minimum Gasteiger partial charge on any atom is -0.329 e. The second kappa shape index (κ2) is 4.86. The molecular weight excluding hydrogens is 276 g/mol. The number of thiazole rings is 1. The van der Waals surface area contributed by atoms with Gasteiger partial charge in [0.15, 0.2) is 10.4 Å². The molecule has 0 saturated heterocycles. The first-order valence-electron chi connectivity index (χ1n) is 6.10. The summed E-state index contributed by atoms with van der Waals surface area (Å²) >= 11 is 7.06. The number of imidazole rings is 1. The summed E-state index contributed by atoms with van der Waals surface area (Å²) in [5.41, 5.74) is 4.00. The molecule has 0 fully saturated rings. The third kappa shape index (κ3) is 2.46. The molecule has 0 aliphatic carbocycles. The Hall–Kier alpha value is -1.53. The van der Waals surface area contributed by atoms with Crippen molar-refractivity contribution in [2.24, 2.45) is 0 Å². The molecule has 3 rings (SSSR count). The maximum atomic E-state index is 5.37. The number of aromatic nitrogens is 4. The fourth-order valence-corrected chi connectivity index (χ4v) is 3.11. The van der Waals surface area contributed by atoms with E-state index in [0.29, 0.717) is 0 Å². The van der Waals surface area contributed by atoms with Gasteiger partial charge < -0.3 is 9.55 Å². The van der Waals surface area contributed by atoms with Crippen LogP contribution in [0.15, 0.2) is 17.5 Å². The lowest BCUT2D eigenvalue weighted by atomic mass is 10.3. The molecule has 0 spiro atoms. The van der Waals surface area contributed by atoms with Crippen molar-refractivity contribution >= 4 is 34.7 Å². The summed E-state index contributed by atoms with van der Waals surface area (Å²) in [6, 6.07) is 4.01. The first kappa shape index (κ1) is 12.5. The Kier molecular flexibility index (Phi) is 3.20. The maximum absolute atomic E-state index is 5.37. The van der Waals surface area contributed by atoms with Crippen molar-refractivity contribution in [2.75, 3.05) is 0 Å². The van der Waals surface area contributed by atoms with E-state index in [1.807, 2.05) is 26.0 Å². The van der Waals surface area contributed by atoms with Crippen LogP contribution in [0.2, 0.25) is 0 Å². The number of fused-ring (bicyclic) bond motifs is 1. The lowest BCUT2D eigenvalue weighted by molar-refractivity contribution is 0.696. The van der Waals surface area contributed by atoms with Crippen LogP contribution in [0.5, 0.6) is 0 Å². The molecule has 0 amide bonds. The molecule has 3 aromatic rings. The third-order valence-corrected chi connectivity index (χ3v) is 4.32. The Labute approximate surface area is 120 Å². The van der Waals surface area contributed by atoms with E-state index in [1.54, 1.807) is 11.3 Å². The Balaban J connectivity index is 1.94. The molecule has 1 N–H and O–H groups in total. The topological polar surface area (TPSA) is 46.5 Å². The number of nitrogens with zero attached hydrogens (tertiary/aromatic N) is 3. The van der Waals surface area contributed by atoms with Crippen molar-refractivity contribution < 1.29 is 0 Å². The number of H-pyrrole nitrogens is 1. The van der Waals surface area contributed by atoms with Gasteiger partial charge in [-0.05, 0) is 38.2 Å². The number of pyridine rings is 1. The van der Waals surface area contributed by atoms with Gasteiger partial charge in [-0.2, -0.15) is 0 Å². The van der Waals surface area contributed by atoms with Crippen molar-refractivity contribution in [1.82, 2.24) is 19.5 Å². The molecule has 3 aromatic heterocycles. The summed E-state index contributed by atoms with van der Waals surface area (Å²) in [4.78, 5) is 12.2. The number of aryl methyl sites for hydroxylation is 4. The van der Waals surface area contributed by atoms with E-state index in [9.17, 15) is 0 Å². The number of nitrogens with one attached hydrogen (secondary N) is 1. The summed E-state index contributed by atoms with van der Waals surface area (Å²) in [7, 11) is 0. The van der Waals surface area contributed by atoms with Gasteiger partial charge >= 0.3 is 0 Å². The third-order valence-electron chi connectivity index (χ3n) is 2.97. The monoisotopic (exact) mass is 290 g/mol. The van der Waals surface area contributed by atoms with Crippen LogP contribution in [0, 0.1) is 18.6 Å². The largest absolute Gasteiger partial charge is 0.329 e. The Morgan fingerprint density at radius 2 is 2.11 bits per heavy atom. The van der Waals surface area contributed by atoms with E-state index in [0.717, 1.165) is 45.3 Å². The van der Waals surface area contributed by atoms with Crippen LogP contribution in [0.4, 0.5) is 0 Å². The van der Waals surface area contributed by atoms with Gasteiger partial charge in [-0.3, -0.25) is 0 Å². The van der Waals surface area contributed by atoms with E-state index in [2.05, 4.69) is 24.9 Å². The van der Waals surface area contributed by atoms with Crippen LogP contribution < -0.4 is 0 Å². The molecule has 0 saturated carbocycles. The zero-order valence-electron chi connectivity index (χ0n) is 10.8. The highest BCUT2D eigenvalue weighted by Crippen LogP contribution is 2.15. The van der Waals surface area contributed by atoms with Crippen molar-refractivity contribution in [2.45, 2.75) is 26.8 Å². The Morgan fingerprint density at radius 3 is 2.84 bits per heavy atom. The van der Waals surface area contributed by atoms with Gasteiger partial charge in [-0.25, -0.2) is 9.97 Å². The van der Waals surface area contributed by atoms with Crippen LogP contribution in [0.25, 0.3) is 11.2 Å². The summed E-state index contributed by atoms with van der Waals surface area (Å²) in [6.07, 6.45) is 0.884. The highest BCUT2D eigenvalue weighted by molar-refractivity contribution is 7.71. The van der Waals surface area contributed by atoms with Gasteiger partial charge in [0.05, 0.1) is 10.5 Å². The van der Waals surface area contributed by atoms with E-state index in [4.69, 9.17) is 12.2 Å². The van der Waals surface area contributed by atoms with Crippen LogP contribution in [-0.4, -0.2) is 19.5 Å². The molecule has 0 aliphatic heterocycles. The molecule has 19 heavy (non-hydrogen) atoms. The average molecular weight is 290 g/mol. The van der Waals surface area contributed by atoms with Crippen molar-refractivity contribution in [3.8, 4) is 0 Å². The fourth-order valence-electron chi connectivity index (χ4n) is 2.06. The molecule has 0 aliphatic rings. The molecule has 0 atom stereocenters. The van der Waals surface area contributed by atoms with E-state index >= 15 is 0 Å². The van der Waals surface area contributed by atoms with Crippen molar-refractivity contribution in [3.05, 3.63) is 38.7 Å². The summed E-state index contributed by atoms with van der Waals surface area (Å²) in [6.45, 7) is 4.81. The zero-order chi connectivity index (χ0) is 13.4. The van der Waals surface area contributed by atoms with E-state index in [1.165, 1.54) is 0 Å². The molecule has 3 heterocycles. The molecular formula is C13H14N4S2. The highest BCUT2D eigenvalue weighted by Gasteiger charge is 2.07. The predicted octanol–water partition coefficient (Wildman–Crippen LogP) is 3.41. The normalized spacial score (nSPS) is 11.3. The minimum absolute atomic E-state index is 0.723. The molecule has 6 heteroatoms. The second-order valence-electron chi connectivity index (χ2n) is 4.54. The summed E-state index contributed by atoms with van der Waals surface area (Å²) in [5, 5.41) is 3.22. The van der Waals surface area contributed by atoms with Crippen LogP contribution in [-0.2, 0) is 13.0 Å². The zero-order valence-corrected chi connectivity index (χ0v) is 12.4. The fraction of sp³-hybridized carbons (Fsp3) is 0.308. The molecule has 0 aromatic carbocycles. The van der Waals surface area contributed by atoms with Crippen LogP contribution in [0.3, 0.4) is 0 Å².